The minimum Gasteiger partial charge on any atom is -0.258 e. The van der Waals surface area contributed by atoms with Crippen molar-refractivity contribution in [2.45, 2.75) is 9.79 Å². The predicted octanol–water partition coefficient (Wildman–Crippen LogP) is 4.39. The largest absolute Gasteiger partial charge is 0.270 e. The van der Waals surface area contributed by atoms with Gasteiger partial charge in [0.2, 0.25) is 0 Å². The van der Waals surface area contributed by atoms with E-state index in [1.165, 1.54) is 16.9 Å². The van der Waals surface area contributed by atoms with Crippen LogP contribution in [-0.4, -0.2) is 4.92 Å². The molecule has 0 amide bonds. The zero-order chi connectivity index (χ0) is 12.1. The van der Waals surface area contributed by atoms with Crippen LogP contribution in [0.3, 0.4) is 0 Å². The lowest BCUT2D eigenvalue weighted by Gasteiger charge is -2.00. The molecule has 0 aliphatic rings. The third-order valence-corrected chi connectivity index (χ3v) is 4.40. The standard InChI is InChI=1S/C12H9NO2S2/c14-13(15)10-5-4-8-12(9-10)17-16-11-6-2-1-3-7-11/h1-9H. The van der Waals surface area contributed by atoms with Crippen LogP contribution in [0.5, 0.6) is 0 Å². The number of hydrogen-bond acceptors (Lipinski definition) is 4. The molecule has 3 nitrogen and oxygen atoms in total. The SMILES string of the molecule is O=[N+]([O-])c1cccc(SSc2ccccc2)c1. The molecule has 0 saturated heterocycles. The molecular formula is C12H9NO2S2. The van der Waals surface area contributed by atoms with Gasteiger partial charge < -0.3 is 0 Å². The van der Waals surface area contributed by atoms with E-state index in [1.54, 1.807) is 22.9 Å². The van der Waals surface area contributed by atoms with Crippen LogP contribution in [-0.2, 0) is 0 Å². The summed E-state index contributed by atoms with van der Waals surface area (Å²) in [6.07, 6.45) is 0. The third kappa shape index (κ3) is 3.51. The van der Waals surface area contributed by atoms with E-state index in [0.29, 0.717) is 0 Å². The zero-order valence-corrected chi connectivity index (χ0v) is 10.4. The molecule has 0 atom stereocenters. The maximum absolute atomic E-state index is 10.6. The van der Waals surface area contributed by atoms with Gasteiger partial charge in [-0.2, -0.15) is 0 Å². The van der Waals surface area contributed by atoms with E-state index in [-0.39, 0.29) is 10.6 Å². The van der Waals surface area contributed by atoms with Gasteiger partial charge in [0.1, 0.15) is 0 Å². The molecule has 2 aromatic carbocycles. The highest BCUT2D eigenvalue weighted by atomic mass is 33.1. The van der Waals surface area contributed by atoms with Crippen LogP contribution in [0.1, 0.15) is 0 Å². The molecule has 0 fully saturated rings. The Bertz CT molecular complexity index is 517. The van der Waals surface area contributed by atoms with Crippen molar-refractivity contribution in [3.05, 3.63) is 64.7 Å². The number of non-ortho nitro benzene ring substituents is 1. The quantitative estimate of drug-likeness (QED) is 0.466. The number of benzene rings is 2. The Labute approximate surface area is 107 Å². The van der Waals surface area contributed by atoms with Gasteiger partial charge in [-0.3, -0.25) is 10.1 Å². The summed E-state index contributed by atoms with van der Waals surface area (Å²) in [6, 6.07) is 16.6. The highest BCUT2D eigenvalue weighted by Crippen LogP contribution is 2.37. The second-order valence-corrected chi connectivity index (χ2v) is 5.51. The molecule has 0 saturated carbocycles. The van der Waals surface area contributed by atoms with Crippen LogP contribution in [0.25, 0.3) is 0 Å². The third-order valence-electron chi connectivity index (χ3n) is 2.01. The average molecular weight is 263 g/mol. The van der Waals surface area contributed by atoms with Crippen LogP contribution in [0.15, 0.2) is 64.4 Å². The van der Waals surface area contributed by atoms with Gasteiger partial charge in [-0.15, -0.1) is 0 Å². The second kappa shape index (κ2) is 5.75. The van der Waals surface area contributed by atoms with Crippen LogP contribution in [0, 0.1) is 10.1 Å². The molecule has 0 aliphatic carbocycles. The fourth-order valence-electron chi connectivity index (χ4n) is 1.22. The first-order valence-corrected chi connectivity index (χ1v) is 7.05. The summed E-state index contributed by atoms with van der Waals surface area (Å²) < 4.78 is 0. The van der Waals surface area contributed by atoms with Gasteiger partial charge in [-0.1, -0.05) is 45.9 Å². The smallest absolute Gasteiger partial charge is 0.258 e. The van der Waals surface area contributed by atoms with E-state index in [0.717, 1.165) is 9.79 Å². The minimum absolute atomic E-state index is 0.128. The van der Waals surface area contributed by atoms with Crippen molar-refractivity contribution in [2.75, 3.05) is 0 Å². The molecule has 2 aromatic rings. The lowest BCUT2D eigenvalue weighted by atomic mass is 10.3. The predicted molar refractivity (Wildman–Crippen MR) is 71.3 cm³/mol. The fourth-order valence-corrected chi connectivity index (χ4v) is 3.21. The molecular weight excluding hydrogens is 254 g/mol. The van der Waals surface area contributed by atoms with Crippen molar-refractivity contribution < 1.29 is 4.92 Å². The van der Waals surface area contributed by atoms with Gasteiger partial charge in [0.15, 0.2) is 0 Å². The highest BCUT2D eigenvalue weighted by Gasteiger charge is 2.06. The van der Waals surface area contributed by atoms with E-state index in [2.05, 4.69) is 0 Å². The Kier molecular flexibility index (Phi) is 4.06. The normalized spacial score (nSPS) is 10.1. The molecule has 5 heteroatoms. The van der Waals surface area contributed by atoms with Crippen LogP contribution < -0.4 is 0 Å². The molecule has 0 spiro atoms. The van der Waals surface area contributed by atoms with Crippen molar-refractivity contribution in [3.8, 4) is 0 Å². The topological polar surface area (TPSA) is 43.1 Å². The van der Waals surface area contributed by atoms with Crippen molar-refractivity contribution in [2.24, 2.45) is 0 Å². The lowest BCUT2D eigenvalue weighted by Crippen LogP contribution is -1.86. The van der Waals surface area contributed by atoms with Crippen molar-refractivity contribution in [1.82, 2.24) is 0 Å². The Morgan fingerprint density at radius 1 is 0.882 bits per heavy atom. The first-order chi connectivity index (χ1) is 8.25. The van der Waals surface area contributed by atoms with E-state index >= 15 is 0 Å². The number of nitro benzene ring substituents is 1. The molecule has 0 aromatic heterocycles. The van der Waals surface area contributed by atoms with Gasteiger partial charge in [0, 0.05) is 21.9 Å². The van der Waals surface area contributed by atoms with Gasteiger partial charge in [-0.25, -0.2) is 0 Å². The van der Waals surface area contributed by atoms with Crippen molar-refractivity contribution >= 4 is 27.3 Å². The lowest BCUT2D eigenvalue weighted by molar-refractivity contribution is -0.385. The summed E-state index contributed by atoms with van der Waals surface area (Å²) in [6.45, 7) is 0. The highest BCUT2D eigenvalue weighted by molar-refractivity contribution is 8.76. The van der Waals surface area contributed by atoms with Gasteiger partial charge in [0.05, 0.1) is 4.92 Å². The van der Waals surface area contributed by atoms with Gasteiger partial charge in [-0.05, 0) is 18.2 Å². The first kappa shape index (κ1) is 12.0. The molecule has 2 rings (SSSR count). The number of nitro groups is 1. The molecule has 86 valence electrons. The number of hydrogen-bond donors (Lipinski definition) is 0. The average Bonchev–Trinajstić information content (AvgIpc) is 2.38. The molecule has 0 unspecified atom stereocenters. The van der Waals surface area contributed by atoms with E-state index in [4.69, 9.17) is 0 Å². The molecule has 0 N–H and O–H groups in total. The Balaban J connectivity index is 2.04. The maximum atomic E-state index is 10.6. The van der Waals surface area contributed by atoms with E-state index < -0.39 is 0 Å². The molecule has 0 aliphatic heterocycles. The van der Waals surface area contributed by atoms with E-state index in [9.17, 15) is 10.1 Å². The second-order valence-electron chi connectivity index (χ2n) is 3.23. The fraction of sp³-hybridized carbons (Fsp3) is 0. The Morgan fingerprint density at radius 3 is 2.24 bits per heavy atom. The van der Waals surface area contributed by atoms with Gasteiger partial charge >= 0.3 is 0 Å². The molecule has 17 heavy (non-hydrogen) atoms. The number of rotatable bonds is 4. The summed E-state index contributed by atoms with van der Waals surface area (Å²) in [5.41, 5.74) is 0.128. The van der Waals surface area contributed by atoms with E-state index in [1.807, 2.05) is 36.4 Å². The molecule has 0 heterocycles. The van der Waals surface area contributed by atoms with Crippen molar-refractivity contribution in [3.63, 3.8) is 0 Å². The van der Waals surface area contributed by atoms with Crippen LogP contribution in [0.2, 0.25) is 0 Å². The summed E-state index contributed by atoms with van der Waals surface area (Å²) in [7, 11) is 3.11. The van der Waals surface area contributed by atoms with Crippen LogP contribution >= 0.6 is 21.6 Å². The zero-order valence-electron chi connectivity index (χ0n) is 8.78. The summed E-state index contributed by atoms with van der Waals surface area (Å²) in [5, 5.41) is 10.6. The van der Waals surface area contributed by atoms with Crippen LogP contribution in [0.4, 0.5) is 5.69 Å². The summed E-state index contributed by atoms with van der Waals surface area (Å²) in [5.74, 6) is 0. The first-order valence-electron chi connectivity index (χ1n) is 4.90. The van der Waals surface area contributed by atoms with Crippen molar-refractivity contribution in [1.29, 1.82) is 0 Å². The van der Waals surface area contributed by atoms with Gasteiger partial charge in [0.25, 0.3) is 5.69 Å². The Hall–Kier alpha value is -1.46. The Morgan fingerprint density at radius 2 is 1.53 bits per heavy atom. The monoisotopic (exact) mass is 263 g/mol. The molecule has 0 bridgehead atoms. The maximum Gasteiger partial charge on any atom is 0.270 e. The summed E-state index contributed by atoms with van der Waals surface area (Å²) >= 11 is 0. The minimum atomic E-state index is -0.378. The summed E-state index contributed by atoms with van der Waals surface area (Å²) in [4.78, 5) is 12.3. The molecule has 0 radical (unpaired) electrons. The number of nitrogens with zero attached hydrogens (tertiary/aromatic N) is 1.